The highest BCUT2D eigenvalue weighted by Crippen LogP contribution is 2.64. The SMILES string of the molecule is CO[C@@](C(=O)O[Si](c1c(C)cc(C)cc1C)(c1c(C)cc(C)cc1C)[C@@H]1[C@@H](C)[C@H]1c1ccccc1)(c1ccccc1)C(F)(F)F. The molecule has 1 aliphatic rings. The highest BCUT2D eigenvalue weighted by atomic mass is 28.4. The molecule has 5 rings (SSSR count). The Hall–Kier alpha value is -3.68. The van der Waals surface area contributed by atoms with E-state index in [2.05, 4.69) is 19.1 Å². The van der Waals surface area contributed by atoms with Crippen LogP contribution in [0.5, 0.6) is 0 Å². The lowest BCUT2D eigenvalue weighted by atomic mass is 9.93. The minimum Gasteiger partial charge on any atom is -0.507 e. The first kappa shape index (κ1) is 32.7. The van der Waals surface area contributed by atoms with Gasteiger partial charge in [0.2, 0.25) is 0 Å². The minimum atomic E-state index is -5.09. The van der Waals surface area contributed by atoms with Gasteiger partial charge in [0, 0.05) is 18.2 Å². The molecule has 0 saturated heterocycles. The Kier molecular flexibility index (Phi) is 8.66. The maximum atomic E-state index is 15.3. The lowest BCUT2D eigenvalue weighted by Gasteiger charge is -2.41. The highest BCUT2D eigenvalue weighted by molar-refractivity contribution is 7.01. The van der Waals surface area contributed by atoms with Crippen LogP contribution in [0.25, 0.3) is 0 Å². The minimum absolute atomic E-state index is 0.00886. The molecule has 0 radical (unpaired) electrons. The summed E-state index contributed by atoms with van der Waals surface area (Å²) in [6.45, 7) is 14.1. The summed E-state index contributed by atoms with van der Waals surface area (Å²) >= 11 is 0. The zero-order valence-corrected chi connectivity index (χ0v) is 28.2. The number of carbonyl (C=O) groups excluding carboxylic acids is 1. The van der Waals surface area contributed by atoms with Crippen LogP contribution in [0.15, 0.2) is 84.9 Å². The van der Waals surface area contributed by atoms with Crippen LogP contribution in [0.4, 0.5) is 13.2 Å². The van der Waals surface area contributed by atoms with E-state index in [1.165, 1.54) is 24.3 Å². The number of hydrogen-bond acceptors (Lipinski definition) is 3. The molecule has 7 heteroatoms. The van der Waals surface area contributed by atoms with E-state index in [9.17, 15) is 4.79 Å². The first-order valence-electron chi connectivity index (χ1n) is 15.3. The molecule has 1 aliphatic carbocycles. The lowest BCUT2D eigenvalue weighted by Crippen LogP contribution is -2.68. The lowest BCUT2D eigenvalue weighted by molar-refractivity contribution is -0.272. The van der Waals surface area contributed by atoms with Crippen molar-refractivity contribution in [2.45, 2.75) is 71.7 Å². The molecule has 4 aromatic rings. The number of hydrogen-bond donors (Lipinski definition) is 0. The second-order valence-electron chi connectivity index (χ2n) is 12.7. The molecule has 1 fully saturated rings. The zero-order valence-electron chi connectivity index (χ0n) is 27.2. The predicted molar refractivity (Wildman–Crippen MR) is 176 cm³/mol. The molecule has 4 atom stereocenters. The number of carbonyl (C=O) groups is 1. The van der Waals surface area contributed by atoms with Gasteiger partial charge in [-0.25, -0.2) is 4.79 Å². The summed E-state index contributed by atoms with van der Waals surface area (Å²) in [7, 11) is -2.94. The van der Waals surface area contributed by atoms with Crippen LogP contribution in [-0.2, 0) is 19.6 Å². The largest absolute Gasteiger partial charge is 0.507 e. The van der Waals surface area contributed by atoms with E-state index < -0.39 is 26.1 Å². The molecule has 0 spiro atoms. The van der Waals surface area contributed by atoms with E-state index >= 15 is 13.2 Å². The van der Waals surface area contributed by atoms with Crippen molar-refractivity contribution in [3.05, 3.63) is 129 Å². The first-order chi connectivity index (χ1) is 21.2. The van der Waals surface area contributed by atoms with E-state index in [4.69, 9.17) is 9.16 Å². The third kappa shape index (κ3) is 5.34. The molecule has 0 unspecified atom stereocenters. The van der Waals surface area contributed by atoms with Crippen LogP contribution in [0, 0.1) is 47.5 Å². The molecule has 0 amide bonds. The zero-order chi connectivity index (χ0) is 32.9. The van der Waals surface area contributed by atoms with Crippen LogP contribution < -0.4 is 10.4 Å². The number of benzene rings is 4. The van der Waals surface area contributed by atoms with Crippen molar-refractivity contribution in [3.8, 4) is 0 Å². The van der Waals surface area contributed by atoms with Gasteiger partial charge in [-0.15, -0.1) is 0 Å². The molecule has 0 N–H and O–H groups in total. The second-order valence-corrected chi connectivity index (χ2v) is 16.1. The summed E-state index contributed by atoms with van der Waals surface area (Å²) in [4.78, 5) is 14.7. The number of rotatable bonds is 8. The molecule has 1 saturated carbocycles. The Balaban J connectivity index is 1.89. The molecule has 0 heterocycles. The average Bonchev–Trinajstić information content (AvgIpc) is 3.63. The average molecular weight is 631 g/mol. The van der Waals surface area contributed by atoms with Crippen molar-refractivity contribution in [2.24, 2.45) is 5.92 Å². The van der Waals surface area contributed by atoms with Crippen LogP contribution >= 0.6 is 0 Å². The van der Waals surface area contributed by atoms with Crippen LogP contribution in [0.1, 0.15) is 57.3 Å². The first-order valence-corrected chi connectivity index (χ1v) is 17.3. The van der Waals surface area contributed by atoms with Crippen molar-refractivity contribution in [1.82, 2.24) is 0 Å². The molecule has 236 valence electrons. The van der Waals surface area contributed by atoms with Gasteiger partial charge < -0.3 is 9.16 Å². The molecule has 0 aliphatic heterocycles. The van der Waals surface area contributed by atoms with Gasteiger partial charge in [0.1, 0.15) is 0 Å². The molecular weight excluding hydrogens is 589 g/mol. The van der Waals surface area contributed by atoms with Crippen LogP contribution in [-0.4, -0.2) is 27.6 Å². The van der Waals surface area contributed by atoms with Gasteiger partial charge in [-0.3, -0.25) is 0 Å². The number of methoxy groups -OCH3 is 1. The van der Waals surface area contributed by atoms with Crippen molar-refractivity contribution in [3.63, 3.8) is 0 Å². The highest BCUT2D eigenvalue weighted by Gasteiger charge is 2.71. The van der Waals surface area contributed by atoms with Gasteiger partial charge in [0.15, 0.2) is 0 Å². The molecule has 3 nitrogen and oxygen atoms in total. The van der Waals surface area contributed by atoms with Gasteiger partial charge >= 0.3 is 20.5 Å². The molecule has 0 aromatic heterocycles. The third-order valence-electron chi connectivity index (χ3n) is 9.56. The van der Waals surface area contributed by atoms with Crippen LogP contribution in [0.3, 0.4) is 0 Å². The van der Waals surface area contributed by atoms with E-state index in [0.717, 1.165) is 56.4 Å². The summed E-state index contributed by atoms with van der Waals surface area (Å²) in [6, 6.07) is 25.3. The molecule has 45 heavy (non-hydrogen) atoms. The van der Waals surface area contributed by atoms with Gasteiger partial charge in [0.05, 0.1) is 0 Å². The number of aryl methyl sites for hydroxylation is 6. The van der Waals surface area contributed by atoms with E-state index in [1.54, 1.807) is 6.07 Å². The summed E-state index contributed by atoms with van der Waals surface area (Å²) in [6.07, 6.45) is -5.09. The van der Waals surface area contributed by atoms with Crippen molar-refractivity contribution >= 4 is 24.7 Å². The van der Waals surface area contributed by atoms with Gasteiger partial charge in [-0.1, -0.05) is 103 Å². The van der Waals surface area contributed by atoms with Gasteiger partial charge in [-0.2, -0.15) is 13.2 Å². The summed E-state index contributed by atoms with van der Waals surface area (Å²) in [5, 5.41) is 1.71. The predicted octanol–water partition coefficient (Wildman–Crippen LogP) is 8.05. The van der Waals surface area contributed by atoms with E-state index in [0.29, 0.717) is 0 Å². The topological polar surface area (TPSA) is 35.5 Å². The van der Waals surface area contributed by atoms with Crippen molar-refractivity contribution in [2.75, 3.05) is 7.11 Å². The number of halogens is 3. The van der Waals surface area contributed by atoms with E-state index in [-0.39, 0.29) is 22.9 Å². The third-order valence-corrected chi connectivity index (χ3v) is 15.0. The van der Waals surface area contributed by atoms with Crippen molar-refractivity contribution < 1.29 is 27.1 Å². The fraction of sp³-hybridized carbons (Fsp3) is 0.342. The quantitative estimate of drug-likeness (QED) is 0.185. The maximum absolute atomic E-state index is 15.3. The Bertz CT molecular complexity index is 1610. The Labute approximate surface area is 265 Å². The smallest absolute Gasteiger partial charge is 0.432 e. The fourth-order valence-corrected chi connectivity index (χ4v) is 14.2. The number of alkyl halides is 3. The summed E-state index contributed by atoms with van der Waals surface area (Å²) in [5.74, 6) is -1.39. The number of ether oxygens (including phenoxy) is 1. The molecular formula is C38H41F3O3Si. The van der Waals surface area contributed by atoms with Gasteiger partial charge in [-0.05, 0) is 91.6 Å². The normalized spacial score (nSPS) is 19.6. The molecule has 4 aromatic carbocycles. The Morgan fingerprint density at radius 2 is 1.13 bits per heavy atom. The standard InChI is InChI=1S/C38H41F3O3Si/c1-23-19-25(3)33(26(4)20-23)45(34-27(5)21-24(2)22-28(34)6,35-29(7)32(35)30-15-11-9-12-16-30)44-36(42)37(43-8,38(39,40)41)31-17-13-10-14-18-31/h9-22,29,32,35H,1-8H3/t29-,32-,35+,37+/m0/s1. The Morgan fingerprint density at radius 3 is 1.53 bits per heavy atom. The van der Waals surface area contributed by atoms with Crippen LogP contribution in [0.2, 0.25) is 5.54 Å². The summed E-state index contributed by atoms with van der Waals surface area (Å²) in [5.41, 5.74) is 2.95. The second kappa shape index (κ2) is 11.9. The van der Waals surface area contributed by atoms with Gasteiger partial charge in [0.25, 0.3) is 5.60 Å². The van der Waals surface area contributed by atoms with E-state index in [1.807, 2.05) is 84.0 Å². The maximum Gasteiger partial charge on any atom is 0.432 e. The molecule has 0 bridgehead atoms. The summed E-state index contributed by atoms with van der Waals surface area (Å²) < 4.78 is 58.2. The fourth-order valence-electron chi connectivity index (χ4n) is 8.04. The van der Waals surface area contributed by atoms with Crippen molar-refractivity contribution in [1.29, 1.82) is 0 Å². The monoisotopic (exact) mass is 630 g/mol. The Morgan fingerprint density at radius 1 is 0.711 bits per heavy atom.